The van der Waals surface area contributed by atoms with Gasteiger partial charge in [0.25, 0.3) is 0 Å². The first kappa shape index (κ1) is 17.3. The van der Waals surface area contributed by atoms with Crippen molar-refractivity contribution in [3.05, 3.63) is 65.7 Å². The van der Waals surface area contributed by atoms with E-state index in [1.165, 1.54) is 5.56 Å². The molecule has 0 unspecified atom stereocenters. The van der Waals surface area contributed by atoms with E-state index in [0.29, 0.717) is 12.3 Å². The molecule has 1 atom stereocenters. The highest BCUT2D eigenvalue weighted by Crippen LogP contribution is 2.33. The molecule has 0 amide bonds. The first-order valence-corrected chi connectivity index (χ1v) is 8.11. The van der Waals surface area contributed by atoms with Gasteiger partial charge in [0.15, 0.2) is 5.78 Å². The quantitative estimate of drug-likeness (QED) is 0.688. The maximum Gasteiger partial charge on any atom is 0.163 e. The molecular formula is C21H26O2. The van der Waals surface area contributed by atoms with Crippen LogP contribution in [0.3, 0.4) is 0 Å². The molecular weight excluding hydrogens is 284 g/mol. The Kier molecular flexibility index (Phi) is 5.59. The second-order valence-electron chi connectivity index (χ2n) is 7.11. The molecule has 0 aliphatic heterocycles. The fraction of sp³-hybridized carbons (Fsp3) is 0.381. The summed E-state index contributed by atoms with van der Waals surface area (Å²) in [6.45, 7) is 6.63. The third-order valence-electron chi connectivity index (χ3n) is 4.39. The minimum absolute atomic E-state index is 0.0813. The third kappa shape index (κ3) is 4.95. The van der Waals surface area contributed by atoms with Crippen LogP contribution < -0.4 is 4.74 Å². The summed E-state index contributed by atoms with van der Waals surface area (Å²) in [5.41, 5.74) is 2.13. The van der Waals surface area contributed by atoms with Gasteiger partial charge in [0.2, 0.25) is 0 Å². The number of hydrogen-bond acceptors (Lipinski definition) is 2. The number of methoxy groups -OCH3 is 1. The summed E-state index contributed by atoms with van der Waals surface area (Å²) in [6, 6.07) is 17.8. The van der Waals surface area contributed by atoms with Gasteiger partial charge in [-0.2, -0.15) is 0 Å². The molecule has 2 aromatic carbocycles. The number of ether oxygens (including phenoxy) is 1. The van der Waals surface area contributed by atoms with Crippen molar-refractivity contribution < 1.29 is 9.53 Å². The van der Waals surface area contributed by atoms with Crippen molar-refractivity contribution in [2.24, 2.45) is 11.3 Å². The fourth-order valence-corrected chi connectivity index (χ4v) is 2.70. The minimum Gasteiger partial charge on any atom is -0.497 e. The van der Waals surface area contributed by atoms with Gasteiger partial charge in [-0.1, -0.05) is 51.1 Å². The Bertz CT molecular complexity index is 621. The second kappa shape index (κ2) is 7.45. The molecule has 2 nitrogen and oxygen atoms in total. The smallest absolute Gasteiger partial charge is 0.163 e. The van der Waals surface area contributed by atoms with Crippen molar-refractivity contribution in [1.29, 1.82) is 0 Å². The van der Waals surface area contributed by atoms with Crippen molar-refractivity contribution in [2.75, 3.05) is 7.11 Å². The van der Waals surface area contributed by atoms with E-state index in [1.807, 2.05) is 30.3 Å². The molecule has 122 valence electrons. The van der Waals surface area contributed by atoms with Gasteiger partial charge >= 0.3 is 0 Å². The number of rotatable bonds is 6. The van der Waals surface area contributed by atoms with Crippen LogP contribution in [-0.2, 0) is 6.42 Å². The average Bonchev–Trinajstić information content (AvgIpc) is 2.54. The van der Waals surface area contributed by atoms with Crippen LogP contribution in [0, 0.1) is 11.3 Å². The van der Waals surface area contributed by atoms with Gasteiger partial charge in [0.1, 0.15) is 5.75 Å². The summed E-state index contributed by atoms with van der Waals surface area (Å²) in [7, 11) is 1.63. The Labute approximate surface area is 139 Å². The van der Waals surface area contributed by atoms with E-state index in [1.54, 1.807) is 7.11 Å². The molecule has 0 saturated heterocycles. The van der Waals surface area contributed by atoms with Crippen LogP contribution in [0.5, 0.6) is 5.75 Å². The molecule has 0 spiro atoms. The lowest BCUT2D eigenvalue weighted by atomic mass is 9.74. The van der Waals surface area contributed by atoms with Crippen LogP contribution >= 0.6 is 0 Å². The van der Waals surface area contributed by atoms with E-state index >= 15 is 0 Å². The maximum atomic E-state index is 12.7. The number of benzene rings is 2. The Morgan fingerprint density at radius 1 is 1.00 bits per heavy atom. The van der Waals surface area contributed by atoms with Crippen LogP contribution in [0.4, 0.5) is 0 Å². The summed E-state index contributed by atoms with van der Waals surface area (Å²) >= 11 is 0. The Morgan fingerprint density at radius 3 is 2.13 bits per heavy atom. The Balaban J connectivity index is 2.12. The zero-order valence-electron chi connectivity index (χ0n) is 14.5. The number of carbonyl (C=O) groups is 1. The van der Waals surface area contributed by atoms with Gasteiger partial charge in [0.05, 0.1) is 7.11 Å². The van der Waals surface area contributed by atoms with Crippen molar-refractivity contribution in [3.8, 4) is 5.75 Å². The topological polar surface area (TPSA) is 26.3 Å². The van der Waals surface area contributed by atoms with E-state index in [0.717, 1.165) is 17.7 Å². The van der Waals surface area contributed by atoms with E-state index in [-0.39, 0.29) is 11.2 Å². The molecule has 0 aliphatic rings. The van der Waals surface area contributed by atoms with Gasteiger partial charge in [-0.05, 0) is 47.6 Å². The molecule has 0 radical (unpaired) electrons. The predicted octanol–water partition coefficient (Wildman–Crippen LogP) is 5.17. The molecule has 2 aromatic rings. The normalized spacial score (nSPS) is 12.7. The van der Waals surface area contributed by atoms with E-state index in [9.17, 15) is 4.79 Å². The largest absolute Gasteiger partial charge is 0.497 e. The molecule has 2 heteroatoms. The zero-order chi connectivity index (χ0) is 16.9. The van der Waals surface area contributed by atoms with Crippen molar-refractivity contribution in [2.45, 2.75) is 33.6 Å². The predicted molar refractivity (Wildman–Crippen MR) is 95.0 cm³/mol. The van der Waals surface area contributed by atoms with Crippen molar-refractivity contribution >= 4 is 5.78 Å². The van der Waals surface area contributed by atoms with Crippen LogP contribution in [0.25, 0.3) is 0 Å². The molecule has 2 rings (SSSR count). The minimum atomic E-state index is 0.0813. The molecule has 0 aliphatic carbocycles. The lowest BCUT2D eigenvalue weighted by Crippen LogP contribution is -2.25. The summed E-state index contributed by atoms with van der Waals surface area (Å²) < 4.78 is 5.15. The molecule has 0 heterocycles. The standard InChI is InChI=1S/C21H26O2/c1-21(2,3)18(14-16-8-6-5-7-9-16)15-20(22)17-10-12-19(23-4)13-11-17/h5-13,18H,14-15H2,1-4H3/t18-/m0/s1. The monoisotopic (exact) mass is 310 g/mol. The molecule has 23 heavy (non-hydrogen) atoms. The number of Topliss-reactive ketones (excluding diaryl/α,β-unsaturated/α-hetero) is 1. The fourth-order valence-electron chi connectivity index (χ4n) is 2.70. The second-order valence-corrected chi connectivity index (χ2v) is 7.11. The van der Waals surface area contributed by atoms with Gasteiger partial charge in [-0.25, -0.2) is 0 Å². The van der Waals surface area contributed by atoms with Crippen LogP contribution in [0.2, 0.25) is 0 Å². The van der Waals surface area contributed by atoms with Crippen molar-refractivity contribution in [3.63, 3.8) is 0 Å². The first-order chi connectivity index (χ1) is 10.9. The van der Waals surface area contributed by atoms with Gasteiger partial charge < -0.3 is 4.74 Å². The van der Waals surface area contributed by atoms with E-state index in [4.69, 9.17) is 4.74 Å². The van der Waals surface area contributed by atoms with Crippen LogP contribution in [-0.4, -0.2) is 12.9 Å². The van der Waals surface area contributed by atoms with Gasteiger partial charge in [0, 0.05) is 12.0 Å². The van der Waals surface area contributed by atoms with E-state index in [2.05, 4.69) is 45.0 Å². The van der Waals surface area contributed by atoms with Crippen LogP contribution in [0.1, 0.15) is 43.1 Å². The summed E-state index contributed by atoms with van der Waals surface area (Å²) in [4.78, 5) is 12.7. The summed E-state index contributed by atoms with van der Waals surface area (Å²) in [5.74, 6) is 1.28. The molecule has 0 aromatic heterocycles. The Hall–Kier alpha value is -2.09. The number of ketones is 1. The average molecular weight is 310 g/mol. The molecule has 0 fully saturated rings. The third-order valence-corrected chi connectivity index (χ3v) is 4.39. The zero-order valence-corrected chi connectivity index (χ0v) is 14.5. The summed E-state index contributed by atoms with van der Waals surface area (Å²) in [6.07, 6.45) is 1.48. The molecule has 0 saturated carbocycles. The van der Waals surface area contributed by atoms with Crippen molar-refractivity contribution in [1.82, 2.24) is 0 Å². The number of hydrogen-bond donors (Lipinski definition) is 0. The highest BCUT2D eigenvalue weighted by Gasteiger charge is 2.27. The number of carbonyl (C=O) groups excluding carboxylic acids is 1. The summed E-state index contributed by atoms with van der Waals surface area (Å²) in [5, 5.41) is 0. The van der Waals surface area contributed by atoms with Gasteiger partial charge in [-0.15, -0.1) is 0 Å². The SMILES string of the molecule is COc1ccc(C(=O)C[C@H](Cc2ccccc2)C(C)(C)C)cc1. The van der Waals surface area contributed by atoms with Crippen LogP contribution in [0.15, 0.2) is 54.6 Å². The molecule has 0 N–H and O–H groups in total. The lowest BCUT2D eigenvalue weighted by Gasteiger charge is -2.30. The highest BCUT2D eigenvalue weighted by atomic mass is 16.5. The Morgan fingerprint density at radius 2 is 1.61 bits per heavy atom. The van der Waals surface area contributed by atoms with Gasteiger partial charge in [-0.3, -0.25) is 4.79 Å². The maximum absolute atomic E-state index is 12.7. The highest BCUT2D eigenvalue weighted by molar-refractivity contribution is 5.96. The van der Waals surface area contributed by atoms with E-state index < -0.39 is 0 Å². The first-order valence-electron chi connectivity index (χ1n) is 8.11. The molecule has 0 bridgehead atoms. The lowest BCUT2D eigenvalue weighted by molar-refractivity contribution is 0.0915.